The zero-order chi connectivity index (χ0) is 13.9. The Morgan fingerprint density at radius 1 is 1.25 bits per heavy atom. The van der Waals surface area contributed by atoms with E-state index in [1.54, 1.807) is 18.2 Å². The van der Waals surface area contributed by atoms with Gasteiger partial charge in [0.15, 0.2) is 0 Å². The van der Waals surface area contributed by atoms with Crippen LogP contribution in [0, 0.1) is 5.92 Å². The Balaban J connectivity index is 1.64. The molecular formula is C13H11Cl2N3O2. The Bertz CT molecular complexity index is 687. The Kier molecular flexibility index (Phi) is 2.69. The number of amides is 1. The van der Waals surface area contributed by atoms with Crippen molar-refractivity contribution in [2.75, 3.05) is 6.54 Å². The number of piperidine rings is 1. The monoisotopic (exact) mass is 311 g/mol. The first-order chi connectivity index (χ1) is 9.65. The van der Waals surface area contributed by atoms with Crippen molar-refractivity contribution in [1.29, 1.82) is 0 Å². The second-order valence-electron chi connectivity index (χ2n) is 5.38. The van der Waals surface area contributed by atoms with Crippen LogP contribution in [0.3, 0.4) is 0 Å². The zero-order valence-corrected chi connectivity index (χ0v) is 11.9. The van der Waals surface area contributed by atoms with Crippen LogP contribution in [0.1, 0.15) is 16.8 Å². The molecule has 5 nitrogen and oxygen atoms in total. The van der Waals surface area contributed by atoms with E-state index in [4.69, 9.17) is 23.2 Å². The molecule has 1 aromatic heterocycles. The third kappa shape index (κ3) is 1.66. The lowest BCUT2D eigenvalue weighted by molar-refractivity contribution is 0.0709. The summed E-state index contributed by atoms with van der Waals surface area (Å²) in [5.41, 5.74) is 1.80. The molecule has 2 fully saturated rings. The number of carbonyl (C=O) groups excluding carboxylic acids is 1. The summed E-state index contributed by atoms with van der Waals surface area (Å²) in [5.74, 6) is 0.266. The van der Waals surface area contributed by atoms with Crippen molar-refractivity contribution in [3.05, 3.63) is 23.8 Å². The van der Waals surface area contributed by atoms with E-state index in [0.717, 1.165) is 6.42 Å². The van der Waals surface area contributed by atoms with Crippen molar-refractivity contribution in [2.24, 2.45) is 5.92 Å². The van der Waals surface area contributed by atoms with Crippen LogP contribution in [0.5, 0.6) is 0 Å². The Morgan fingerprint density at radius 2 is 2.05 bits per heavy atom. The number of fused-ring (bicyclic) bond motifs is 3. The van der Waals surface area contributed by atoms with Crippen molar-refractivity contribution in [2.45, 2.75) is 23.2 Å². The van der Waals surface area contributed by atoms with Gasteiger partial charge >= 0.3 is 0 Å². The average molecular weight is 312 g/mol. The van der Waals surface area contributed by atoms with Crippen LogP contribution < -0.4 is 0 Å². The molecule has 7 heteroatoms. The first kappa shape index (κ1) is 12.4. The normalized spacial score (nSPS) is 32.2. The molecule has 1 aromatic carbocycles. The van der Waals surface area contributed by atoms with Crippen LogP contribution >= 0.6 is 23.2 Å². The first-order valence-corrected chi connectivity index (χ1v) is 7.34. The number of likely N-dealkylation sites (tertiary alicyclic amines) is 1. The van der Waals surface area contributed by atoms with E-state index in [1.807, 2.05) is 4.90 Å². The lowest BCUT2D eigenvalue weighted by Gasteiger charge is -2.32. The quantitative estimate of drug-likeness (QED) is 0.758. The van der Waals surface area contributed by atoms with Crippen molar-refractivity contribution in [1.82, 2.24) is 15.2 Å². The van der Waals surface area contributed by atoms with Crippen molar-refractivity contribution in [3.63, 3.8) is 0 Å². The van der Waals surface area contributed by atoms with Crippen LogP contribution in [0.2, 0.25) is 0 Å². The van der Waals surface area contributed by atoms with Gasteiger partial charge < -0.3 is 4.90 Å². The van der Waals surface area contributed by atoms with E-state index < -0.39 is 0 Å². The van der Waals surface area contributed by atoms with Crippen molar-refractivity contribution < 1.29 is 9.42 Å². The predicted molar refractivity (Wildman–Crippen MR) is 74.0 cm³/mol. The summed E-state index contributed by atoms with van der Waals surface area (Å²) < 4.78 is 4.64. The first-order valence-electron chi connectivity index (χ1n) is 6.46. The van der Waals surface area contributed by atoms with Crippen LogP contribution in [-0.2, 0) is 0 Å². The van der Waals surface area contributed by atoms with E-state index in [2.05, 4.69) is 14.9 Å². The Labute approximate surface area is 124 Å². The molecule has 2 aliphatic rings. The van der Waals surface area contributed by atoms with Gasteiger partial charge in [-0.1, -0.05) is 0 Å². The smallest absolute Gasteiger partial charge is 0.254 e. The number of carbonyl (C=O) groups is 1. The molecular weight excluding hydrogens is 301 g/mol. The number of benzene rings is 1. The molecule has 1 amide bonds. The highest BCUT2D eigenvalue weighted by Gasteiger charge is 2.52. The molecule has 1 aliphatic heterocycles. The Morgan fingerprint density at radius 3 is 2.80 bits per heavy atom. The highest BCUT2D eigenvalue weighted by Crippen LogP contribution is 2.44. The minimum Gasteiger partial charge on any atom is -0.334 e. The maximum absolute atomic E-state index is 12.6. The van der Waals surface area contributed by atoms with Crippen molar-refractivity contribution in [3.8, 4) is 0 Å². The summed E-state index contributed by atoms with van der Waals surface area (Å²) in [6, 6.07) is 5.20. The fourth-order valence-electron chi connectivity index (χ4n) is 3.22. The van der Waals surface area contributed by atoms with Gasteiger partial charge in [-0.2, -0.15) is 0 Å². The van der Waals surface area contributed by atoms with Gasteiger partial charge in [0.05, 0.1) is 16.8 Å². The molecule has 4 atom stereocenters. The largest absolute Gasteiger partial charge is 0.334 e. The summed E-state index contributed by atoms with van der Waals surface area (Å²) in [6.45, 7) is 0.677. The number of rotatable bonds is 1. The summed E-state index contributed by atoms with van der Waals surface area (Å²) in [7, 11) is 0. The molecule has 2 aromatic rings. The van der Waals surface area contributed by atoms with E-state index in [9.17, 15) is 4.79 Å². The minimum absolute atomic E-state index is 0.0304. The van der Waals surface area contributed by atoms with Crippen LogP contribution in [-0.4, -0.2) is 44.5 Å². The van der Waals surface area contributed by atoms with E-state index >= 15 is 0 Å². The van der Waals surface area contributed by atoms with Crippen molar-refractivity contribution >= 4 is 40.1 Å². The maximum atomic E-state index is 12.6. The molecule has 0 radical (unpaired) electrons. The third-order valence-corrected chi connectivity index (χ3v) is 5.58. The zero-order valence-electron chi connectivity index (χ0n) is 10.4. The SMILES string of the molecule is O=C(c1ccc2nonc2c1)N1CC2CC1C(Cl)C2Cl. The lowest BCUT2D eigenvalue weighted by Crippen LogP contribution is -2.46. The summed E-state index contributed by atoms with van der Waals surface area (Å²) in [4.78, 5) is 14.4. The number of nitrogens with zero attached hydrogens (tertiary/aromatic N) is 3. The molecule has 4 rings (SSSR count). The lowest BCUT2D eigenvalue weighted by atomic mass is 10.1. The maximum Gasteiger partial charge on any atom is 0.254 e. The van der Waals surface area contributed by atoms with Gasteiger partial charge in [-0.15, -0.1) is 23.2 Å². The van der Waals surface area contributed by atoms with Gasteiger partial charge in [-0.25, -0.2) is 4.63 Å². The standard InChI is InChI=1S/C13H11Cl2N3O2/c14-11-7-4-10(12(11)15)18(5-7)13(19)6-1-2-8-9(3-6)17-20-16-8/h1-3,7,10-12H,4-5H2. The summed E-state index contributed by atoms with van der Waals surface area (Å²) in [6.07, 6.45) is 0.891. The second kappa shape index (κ2) is 4.33. The molecule has 2 heterocycles. The fourth-order valence-corrected chi connectivity index (χ4v) is 4.01. The van der Waals surface area contributed by atoms with Gasteiger partial charge in [0, 0.05) is 12.1 Å². The molecule has 4 unspecified atom stereocenters. The predicted octanol–water partition coefficient (Wildman–Crippen LogP) is 2.28. The molecule has 1 aliphatic carbocycles. The highest BCUT2D eigenvalue weighted by atomic mass is 35.5. The van der Waals surface area contributed by atoms with Crippen LogP contribution in [0.4, 0.5) is 0 Å². The third-order valence-electron chi connectivity index (χ3n) is 4.26. The number of hydrogen-bond donors (Lipinski definition) is 0. The molecule has 0 N–H and O–H groups in total. The second-order valence-corrected chi connectivity index (χ2v) is 6.39. The van der Waals surface area contributed by atoms with Crippen LogP contribution in [0.15, 0.2) is 22.8 Å². The summed E-state index contributed by atoms with van der Waals surface area (Å²) in [5, 5.41) is 7.28. The number of alkyl halides is 2. The fraction of sp³-hybridized carbons (Fsp3) is 0.462. The van der Waals surface area contributed by atoms with E-state index in [-0.39, 0.29) is 22.7 Å². The minimum atomic E-state index is -0.170. The van der Waals surface area contributed by atoms with Crippen LogP contribution in [0.25, 0.3) is 11.0 Å². The average Bonchev–Trinajstić information content (AvgIpc) is 3.14. The molecule has 1 saturated heterocycles. The number of halogens is 2. The topological polar surface area (TPSA) is 59.2 Å². The van der Waals surface area contributed by atoms with Gasteiger partial charge in [-0.05, 0) is 40.9 Å². The van der Waals surface area contributed by atoms with Gasteiger partial charge in [0.2, 0.25) is 0 Å². The van der Waals surface area contributed by atoms with Gasteiger partial charge in [-0.3, -0.25) is 4.79 Å². The Hall–Kier alpha value is -1.33. The molecule has 104 valence electrons. The molecule has 2 bridgehead atoms. The molecule has 0 spiro atoms. The molecule has 1 saturated carbocycles. The van der Waals surface area contributed by atoms with Gasteiger partial charge in [0.25, 0.3) is 5.91 Å². The van der Waals surface area contributed by atoms with E-state index in [0.29, 0.717) is 29.1 Å². The number of hydrogen-bond acceptors (Lipinski definition) is 4. The van der Waals surface area contributed by atoms with Gasteiger partial charge in [0.1, 0.15) is 11.0 Å². The van der Waals surface area contributed by atoms with E-state index in [1.165, 1.54) is 0 Å². The molecule has 20 heavy (non-hydrogen) atoms. The number of aromatic nitrogens is 2. The summed E-state index contributed by atoms with van der Waals surface area (Å²) >= 11 is 12.5. The highest BCUT2D eigenvalue weighted by molar-refractivity contribution is 6.31.